The van der Waals surface area contributed by atoms with Crippen LogP contribution in [0.4, 0.5) is 19.0 Å². The summed E-state index contributed by atoms with van der Waals surface area (Å²) < 4.78 is 43.7. The summed E-state index contributed by atoms with van der Waals surface area (Å²) in [6, 6.07) is 5.87. The van der Waals surface area contributed by atoms with Gasteiger partial charge in [0.05, 0.1) is 29.5 Å². The molecule has 4 heterocycles. The van der Waals surface area contributed by atoms with E-state index < -0.39 is 17.0 Å². The zero-order chi connectivity index (χ0) is 26.6. The van der Waals surface area contributed by atoms with E-state index in [2.05, 4.69) is 34.5 Å². The molecule has 3 aromatic rings. The maximum atomic E-state index is 13.8. The third-order valence-corrected chi connectivity index (χ3v) is 11.3. The number of anilines is 1. The molecule has 6 aliphatic rings. The third kappa shape index (κ3) is 2.70. The number of aromatic nitrogens is 5. The predicted molar refractivity (Wildman–Crippen MR) is 137 cm³/mol. The van der Waals surface area contributed by atoms with E-state index in [4.69, 9.17) is 11.6 Å². The van der Waals surface area contributed by atoms with Crippen LogP contribution in [0.3, 0.4) is 0 Å². The Morgan fingerprint density at radius 2 is 1.85 bits per heavy atom. The minimum absolute atomic E-state index is 0.202. The van der Waals surface area contributed by atoms with Crippen molar-refractivity contribution in [2.24, 2.45) is 16.2 Å². The van der Waals surface area contributed by atoms with Crippen molar-refractivity contribution in [2.75, 3.05) is 18.0 Å². The molecule has 5 fully saturated rings. The zero-order valence-corrected chi connectivity index (χ0v) is 22.2. The van der Waals surface area contributed by atoms with Crippen LogP contribution in [0, 0.1) is 23.2 Å². The largest absolute Gasteiger partial charge is 0.395 e. The van der Waals surface area contributed by atoms with Gasteiger partial charge < -0.3 is 4.90 Å². The fraction of sp³-hybridized carbons (Fsp3) is 0.571. The van der Waals surface area contributed by atoms with Gasteiger partial charge in [0, 0.05) is 53.1 Å². The van der Waals surface area contributed by atoms with Gasteiger partial charge in [-0.15, -0.1) is 10.2 Å². The molecule has 1 saturated heterocycles. The molecular weight excluding hydrogens is 527 g/mol. The van der Waals surface area contributed by atoms with Crippen LogP contribution in [0.2, 0.25) is 5.02 Å². The average molecular weight is 554 g/mol. The Balaban J connectivity index is 0.996. The van der Waals surface area contributed by atoms with Crippen LogP contribution in [0.5, 0.6) is 0 Å². The van der Waals surface area contributed by atoms with Gasteiger partial charge in [0.25, 0.3) is 0 Å². The maximum Gasteiger partial charge on any atom is 0.395 e. The third-order valence-electron chi connectivity index (χ3n) is 11.1. The van der Waals surface area contributed by atoms with Crippen LogP contribution in [-0.4, -0.2) is 54.4 Å². The Labute approximate surface area is 228 Å². The summed E-state index contributed by atoms with van der Waals surface area (Å²) in [4.78, 5) is 13.4. The SMILES string of the molecule is Cc1cncc(N2CC3(CC(c4nnc5n4-c4ccc(Cl)cc4CN(C46CC7(C(F)(F)F)CC47C6)C5)C3)C2)n1. The molecule has 202 valence electrons. The molecule has 7 nitrogen and oxygen atoms in total. The quantitative estimate of drug-likeness (QED) is 0.444. The van der Waals surface area contributed by atoms with Crippen molar-refractivity contribution in [1.82, 2.24) is 29.6 Å². The van der Waals surface area contributed by atoms with Crippen molar-refractivity contribution in [3.05, 3.63) is 58.5 Å². The fourth-order valence-electron chi connectivity index (χ4n) is 9.17. The van der Waals surface area contributed by atoms with Crippen molar-refractivity contribution < 1.29 is 13.2 Å². The molecule has 4 aliphatic carbocycles. The number of halogens is 4. The minimum atomic E-state index is -4.11. The smallest absolute Gasteiger partial charge is 0.354 e. The Morgan fingerprint density at radius 3 is 2.56 bits per heavy atom. The highest BCUT2D eigenvalue weighted by molar-refractivity contribution is 6.30. The number of rotatable bonds is 3. The number of aryl methyl sites for hydroxylation is 1. The first-order chi connectivity index (χ1) is 18.6. The zero-order valence-electron chi connectivity index (χ0n) is 21.5. The van der Waals surface area contributed by atoms with Crippen molar-refractivity contribution in [3.8, 4) is 5.69 Å². The first-order valence-corrected chi connectivity index (χ1v) is 14.0. The Kier molecular flexibility index (Phi) is 4.00. The van der Waals surface area contributed by atoms with Gasteiger partial charge >= 0.3 is 6.18 Å². The van der Waals surface area contributed by atoms with Crippen LogP contribution < -0.4 is 4.90 Å². The molecule has 1 aromatic carbocycles. The molecule has 39 heavy (non-hydrogen) atoms. The fourth-order valence-corrected chi connectivity index (χ4v) is 9.36. The first-order valence-electron chi connectivity index (χ1n) is 13.7. The second-order valence-corrected chi connectivity index (χ2v) is 13.6. The van der Waals surface area contributed by atoms with E-state index in [9.17, 15) is 13.2 Å². The van der Waals surface area contributed by atoms with Crippen molar-refractivity contribution in [3.63, 3.8) is 0 Å². The van der Waals surface area contributed by atoms with Crippen molar-refractivity contribution in [2.45, 2.75) is 69.8 Å². The van der Waals surface area contributed by atoms with Gasteiger partial charge in [-0.2, -0.15) is 13.2 Å². The summed E-state index contributed by atoms with van der Waals surface area (Å²) >= 11 is 6.43. The van der Waals surface area contributed by atoms with E-state index in [1.165, 1.54) is 0 Å². The van der Waals surface area contributed by atoms with Gasteiger partial charge in [0.15, 0.2) is 5.82 Å². The van der Waals surface area contributed by atoms with Crippen LogP contribution in [-0.2, 0) is 13.1 Å². The second-order valence-electron chi connectivity index (χ2n) is 13.1. The Hall–Kier alpha value is -2.72. The molecule has 2 aromatic heterocycles. The van der Waals surface area contributed by atoms with Crippen LogP contribution in [0.15, 0.2) is 30.6 Å². The van der Waals surface area contributed by atoms with Gasteiger partial charge in [-0.3, -0.25) is 14.5 Å². The molecule has 11 heteroatoms. The van der Waals surface area contributed by atoms with Gasteiger partial charge in [0.1, 0.15) is 11.6 Å². The lowest BCUT2D eigenvalue weighted by molar-refractivity contribution is -0.220. The topological polar surface area (TPSA) is 63.0 Å². The molecule has 3 atom stereocenters. The number of alkyl halides is 3. The summed E-state index contributed by atoms with van der Waals surface area (Å²) in [5, 5.41) is 9.96. The van der Waals surface area contributed by atoms with Crippen LogP contribution in [0.25, 0.3) is 5.69 Å². The lowest BCUT2D eigenvalue weighted by Crippen LogP contribution is -2.62. The minimum Gasteiger partial charge on any atom is -0.354 e. The molecule has 3 unspecified atom stereocenters. The highest BCUT2D eigenvalue weighted by atomic mass is 35.5. The van der Waals surface area contributed by atoms with E-state index in [-0.39, 0.29) is 23.8 Å². The normalized spacial score (nSPS) is 33.6. The number of benzene rings is 1. The summed E-state index contributed by atoms with van der Waals surface area (Å²) in [6.45, 7) is 4.98. The molecule has 0 radical (unpaired) electrons. The van der Waals surface area contributed by atoms with E-state index in [1.807, 2.05) is 31.3 Å². The van der Waals surface area contributed by atoms with Crippen molar-refractivity contribution >= 4 is 17.4 Å². The van der Waals surface area contributed by atoms with Gasteiger partial charge in [-0.1, -0.05) is 11.6 Å². The Morgan fingerprint density at radius 1 is 1.03 bits per heavy atom. The summed E-state index contributed by atoms with van der Waals surface area (Å²) in [6.07, 6.45) is 2.66. The van der Waals surface area contributed by atoms with Crippen molar-refractivity contribution in [1.29, 1.82) is 0 Å². The van der Waals surface area contributed by atoms with Gasteiger partial charge in [-0.25, -0.2) is 4.98 Å². The molecule has 2 spiro atoms. The molecular formula is C28H27ClF3N7. The van der Waals surface area contributed by atoms with Crippen LogP contribution in [0.1, 0.15) is 60.9 Å². The summed E-state index contributed by atoms with van der Waals surface area (Å²) in [5.41, 5.74) is 0.801. The number of fused-ring (bicyclic) bond motifs is 3. The summed E-state index contributed by atoms with van der Waals surface area (Å²) in [7, 11) is 0. The van der Waals surface area contributed by atoms with E-state index in [0.29, 0.717) is 30.5 Å². The molecule has 9 rings (SSSR count). The second kappa shape index (κ2) is 6.77. The van der Waals surface area contributed by atoms with Crippen LogP contribution >= 0.6 is 11.6 Å². The first kappa shape index (κ1) is 23.0. The van der Waals surface area contributed by atoms with Gasteiger partial charge in [0.2, 0.25) is 0 Å². The lowest BCUT2D eigenvalue weighted by atomic mass is 9.57. The van der Waals surface area contributed by atoms with E-state index in [1.54, 1.807) is 6.20 Å². The maximum absolute atomic E-state index is 13.8. The molecule has 4 saturated carbocycles. The lowest BCUT2D eigenvalue weighted by Gasteiger charge is -2.59. The average Bonchev–Trinajstić information content (AvgIpc) is 3.52. The highest BCUT2D eigenvalue weighted by Crippen LogP contribution is 3.00. The molecule has 0 N–H and O–H groups in total. The predicted octanol–water partition coefficient (Wildman–Crippen LogP) is 5.20. The van der Waals surface area contributed by atoms with Gasteiger partial charge in [-0.05, 0) is 62.8 Å². The number of hydrogen-bond donors (Lipinski definition) is 0. The molecule has 2 aliphatic heterocycles. The Bertz CT molecular complexity index is 1570. The van der Waals surface area contributed by atoms with E-state index >= 15 is 0 Å². The highest BCUT2D eigenvalue weighted by Gasteiger charge is 3.03. The summed E-state index contributed by atoms with van der Waals surface area (Å²) in [5.74, 6) is 3.01. The standard InChI is InChI=1S/C28H27ClF3N7/c1-16-7-33-8-21(34-16)37-14-24(15-37)5-18(6-24)23-36-35-22-10-38(9-17-4-19(29)2-3-20(17)39(22)23)27-12-25(27)11-26(25,13-27)28(30,31)32/h2-4,7-8,18H,5-6,9-15H2,1H3. The number of nitrogens with zero attached hydrogens (tertiary/aromatic N) is 7. The number of hydrogen-bond acceptors (Lipinski definition) is 6. The monoisotopic (exact) mass is 553 g/mol. The molecule has 0 amide bonds. The van der Waals surface area contributed by atoms with E-state index in [0.717, 1.165) is 60.3 Å². The molecule has 0 bridgehead atoms.